The van der Waals surface area contributed by atoms with E-state index in [2.05, 4.69) is 0 Å². The monoisotopic (exact) mass is 244 g/mol. The molecule has 0 aliphatic carbocycles. The van der Waals surface area contributed by atoms with Gasteiger partial charge in [-0.1, -0.05) is 0 Å². The Bertz CT molecular complexity index is 79.5. The molecule has 12 heavy (non-hydrogen) atoms. The maximum absolute atomic E-state index is 8.52. The van der Waals surface area contributed by atoms with Gasteiger partial charge >= 0.3 is 140 Å². The van der Waals surface area contributed by atoms with Gasteiger partial charge in [-0.15, -0.1) is 0 Å². The van der Waals surface area contributed by atoms with E-state index in [4.69, 9.17) is 28.1 Å². The molecule has 0 saturated heterocycles. The summed E-state index contributed by atoms with van der Waals surface area (Å²) in [6, 6.07) is 0. The third-order valence-electron chi connectivity index (χ3n) is 0. The van der Waals surface area contributed by atoms with Crippen molar-refractivity contribution in [1.29, 1.82) is 0 Å². The third kappa shape index (κ3) is 161. The van der Waals surface area contributed by atoms with Gasteiger partial charge in [0, 0.05) is 18.3 Å². The van der Waals surface area contributed by atoms with Crippen LogP contribution in [0.4, 0.5) is 0 Å². The third-order valence-corrected chi connectivity index (χ3v) is 0. The summed E-state index contributed by atoms with van der Waals surface area (Å²) in [4.78, 5) is 34.1. The molecule has 0 N–H and O–H groups in total. The Morgan fingerprint density at radius 3 is 0.667 bits per heavy atom. The fourth-order valence-electron chi connectivity index (χ4n) is 0. The summed E-state index contributed by atoms with van der Waals surface area (Å²) in [7, 11) is -7.26. The fraction of sp³-hybridized carbons (Fsp3) is 0. The van der Waals surface area contributed by atoms with Crippen LogP contribution in [0.2, 0.25) is 0 Å². The molecular formula is K2Li2O6Si2. The van der Waals surface area contributed by atoms with Crippen molar-refractivity contribution < 1.29 is 169 Å². The molecule has 0 radical (unpaired) electrons. The first-order chi connectivity index (χ1) is 3.46. The second-order valence-electron chi connectivity index (χ2n) is 0.500. The first kappa shape index (κ1) is 36.1. The predicted octanol–water partition coefficient (Wildman–Crippen LogP) is -17.7. The molecular weight excluding hydrogens is 244 g/mol. The SMILES string of the molecule is O=[Si]([O-])[O-].O=[Si]([O-])[O-].[K+].[K+].[Li+].[Li+]. The predicted molar refractivity (Wildman–Crippen MR) is 12.9 cm³/mol. The summed E-state index contributed by atoms with van der Waals surface area (Å²) in [5, 5.41) is 0. The summed E-state index contributed by atoms with van der Waals surface area (Å²) in [5.74, 6) is 0. The Kier molecular flexibility index (Phi) is 88.1. The molecule has 0 unspecified atom stereocenters. The van der Waals surface area contributed by atoms with E-state index in [0.29, 0.717) is 0 Å². The Balaban J connectivity index is -0.0000000112. The quantitative estimate of drug-likeness (QED) is 0.389. The minimum Gasteiger partial charge on any atom is -0.672 e. The molecule has 0 atom stereocenters. The van der Waals surface area contributed by atoms with Gasteiger partial charge in [0.1, 0.15) is 0 Å². The van der Waals surface area contributed by atoms with Gasteiger partial charge in [-0.25, -0.2) is 0 Å². The molecule has 6 nitrogen and oxygen atoms in total. The molecule has 0 aliphatic heterocycles. The molecule has 0 heterocycles. The number of hydrogen-bond acceptors (Lipinski definition) is 6. The second-order valence-corrected chi connectivity index (χ2v) is 1.50. The van der Waals surface area contributed by atoms with Gasteiger partial charge < -0.3 is 28.1 Å². The standard InChI is InChI=1S/2K.2Li.2O3Si/c;;;;2*1-4(2)3/q4*+1;2*-2. The smallest absolute Gasteiger partial charge is 0.672 e. The van der Waals surface area contributed by atoms with Gasteiger partial charge in [0.05, 0.1) is 0 Å². The molecule has 48 valence electrons. The number of rotatable bonds is 0. The molecule has 0 aromatic carbocycles. The van der Waals surface area contributed by atoms with Gasteiger partial charge in [-0.2, -0.15) is 0 Å². The zero-order chi connectivity index (χ0) is 7.15. The van der Waals surface area contributed by atoms with Crippen molar-refractivity contribution in [2.75, 3.05) is 0 Å². The Hall–Kier alpha value is 3.70. The van der Waals surface area contributed by atoms with E-state index < -0.39 is 18.3 Å². The Morgan fingerprint density at radius 1 is 0.667 bits per heavy atom. The second kappa shape index (κ2) is 29.3. The average Bonchev–Trinajstić information content (AvgIpc) is 1.25. The zero-order valence-corrected chi connectivity index (χ0v) is 15.7. The summed E-state index contributed by atoms with van der Waals surface area (Å²) < 4.78 is 17.0. The van der Waals surface area contributed by atoms with E-state index in [9.17, 15) is 0 Å². The van der Waals surface area contributed by atoms with Gasteiger partial charge in [-0.05, 0) is 0 Å². The van der Waals surface area contributed by atoms with Crippen LogP contribution in [0.5, 0.6) is 0 Å². The van der Waals surface area contributed by atoms with Crippen molar-refractivity contribution in [1.82, 2.24) is 0 Å². The first-order valence-electron chi connectivity index (χ1n) is 1.22. The van der Waals surface area contributed by atoms with E-state index in [0.717, 1.165) is 0 Å². The van der Waals surface area contributed by atoms with Crippen LogP contribution in [0.1, 0.15) is 0 Å². The van der Waals surface area contributed by atoms with Gasteiger partial charge in [0.25, 0.3) is 0 Å². The van der Waals surface area contributed by atoms with Crippen molar-refractivity contribution in [3.05, 3.63) is 0 Å². The summed E-state index contributed by atoms with van der Waals surface area (Å²) >= 11 is 0. The summed E-state index contributed by atoms with van der Waals surface area (Å²) in [6.45, 7) is 0. The zero-order valence-electron chi connectivity index (χ0n) is 7.45. The van der Waals surface area contributed by atoms with Crippen LogP contribution >= 0.6 is 0 Å². The largest absolute Gasteiger partial charge is 1.00 e. The first-order valence-corrected chi connectivity index (χ1v) is 3.67. The fourth-order valence-corrected chi connectivity index (χ4v) is 0. The van der Waals surface area contributed by atoms with Crippen molar-refractivity contribution in [2.24, 2.45) is 0 Å². The van der Waals surface area contributed by atoms with Crippen LogP contribution in [-0.4, -0.2) is 18.3 Å². The summed E-state index contributed by atoms with van der Waals surface area (Å²) in [6.07, 6.45) is 0. The van der Waals surface area contributed by atoms with Crippen molar-refractivity contribution >= 4 is 18.3 Å². The molecule has 12 heteroatoms. The molecule has 0 rings (SSSR count). The van der Waals surface area contributed by atoms with Crippen molar-refractivity contribution in [3.8, 4) is 0 Å². The van der Waals surface area contributed by atoms with E-state index >= 15 is 0 Å². The maximum atomic E-state index is 8.52. The van der Waals surface area contributed by atoms with Crippen molar-refractivity contribution in [3.63, 3.8) is 0 Å². The molecule has 0 aliphatic rings. The number of hydrogen-bond donors (Lipinski definition) is 0. The minimum absolute atomic E-state index is 0. The van der Waals surface area contributed by atoms with Gasteiger partial charge in [0.2, 0.25) is 0 Å². The maximum Gasteiger partial charge on any atom is 1.00 e. The van der Waals surface area contributed by atoms with Crippen LogP contribution in [0.3, 0.4) is 0 Å². The van der Waals surface area contributed by atoms with Crippen LogP contribution in [0, 0.1) is 0 Å². The van der Waals surface area contributed by atoms with Gasteiger partial charge in [0.15, 0.2) is 0 Å². The van der Waals surface area contributed by atoms with Crippen LogP contribution in [-0.2, 0) is 8.92 Å². The van der Waals surface area contributed by atoms with Crippen LogP contribution < -0.4 is 160 Å². The normalized spacial score (nSPS) is 4.00. The summed E-state index contributed by atoms with van der Waals surface area (Å²) in [5.41, 5.74) is 0. The average molecular weight is 244 g/mol. The Morgan fingerprint density at radius 2 is 0.667 bits per heavy atom. The van der Waals surface area contributed by atoms with Crippen LogP contribution in [0.15, 0.2) is 0 Å². The van der Waals surface area contributed by atoms with E-state index in [1.807, 2.05) is 0 Å². The van der Waals surface area contributed by atoms with E-state index in [-0.39, 0.29) is 140 Å². The molecule has 0 aromatic rings. The molecule has 0 bridgehead atoms. The van der Waals surface area contributed by atoms with Gasteiger partial charge in [-0.3, -0.25) is 0 Å². The van der Waals surface area contributed by atoms with Crippen LogP contribution in [0.25, 0.3) is 0 Å². The minimum atomic E-state index is -3.63. The Labute approximate surface area is 182 Å². The van der Waals surface area contributed by atoms with Crippen molar-refractivity contribution in [2.45, 2.75) is 0 Å². The molecule has 0 aromatic heterocycles. The van der Waals surface area contributed by atoms with E-state index in [1.165, 1.54) is 0 Å². The molecule has 0 spiro atoms. The molecule has 0 fully saturated rings. The van der Waals surface area contributed by atoms with E-state index in [1.54, 1.807) is 0 Å². The molecule has 0 amide bonds. The molecule has 0 saturated carbocycles. The topological polar surface area (TPSA) is 126 Å².